The molecule has 1 spiro atoms. The van der Waals surface area contributed by atoms with Gasteiger partial charge in [-0.1, -0.05) is 0 Å². The Bertz CT molecular complexity index is 241. The van der Waals surface area contributed by atoms with E-state index in [0.717, 1.165) is 51.8 Å². The summed E-state index contributed by atoms with van der Waals surface area (Å²) in [5.41, 5.74) is 0. The molecule has 0 bridgehead atoms. The minimum atomic E-state index is -0.220. The van der Waals surface area contributed by atoms with Gasteiger partial charge in [0.25, 0.3) is 0 Å². The van der Waals surface area contributed by atoms with Crippen molar-refractivity contribution in [2.45, 2.75) is 56.8 Å². The van der Waals surface area contributed by atoms with Crippen molar-refractivity contribution in [2.24, 2.45) is 0 Å². The molecule has 0 radical (unpaired) electrons. The topological polar surface area (TPSA) is 41.9 Å². The van der Waals surface area contributed by atoms with Crippen molar-refractivity contribution in [3.8, 4) is 0 Å². The quantitative estimate of drug-likeness (QED) is 0.706. The number of rotatable bonds is 7. The summed E-state index contributed by atoms with van der Waals surface area (Å²) in [6.07, 6.45) is 8.04. The maximum atomic E-state index is 8.73. The lowest BCUT2D eigenvalue weighted by atomic mass is 10.2. The van der Waals surface area contributed by atoms with Crippen LogP contribution in [0.3, 0.4) is 0 Å². The van der Waals surface area contributed by atoms with Gasteiger partial charge in [0.2, 0.25) is 0 Å². The van der Waals surface area contributed by atoms with Crippen LogP contribution in [0.25, 0.3) is 0 Å². The molecule has 4 nitrogen and oxygen atoms in total. The summed E-state index contributed by atoms with van der Waals surface area (Å²) in [5.74, 6) is -0.220. The Hall–Kier alpha value is -0.160. The first-order chi connectivity index (χ1) is 8.74. The highest BCUT2D eigenvalue weighted by molar-refractivity contribution is 4.84. The van der Waals surface area contributed by atoms with Gasteiger partial charge in [-0.15, -0.1) is 0 Å². The molecule has 4 heteroatoms. The lowest BCUT2D eigenvalue weighted by molar-refractivity contribution is -0.163. The van der Waals surface area contributed by atoms with E-state index >= 15 is 0 Å². The SMILES string of the molecule is CN(CCCCCO)CC1COC2(CCCC2)O1. The third-order valence-electron chi connectivity index (χ3n) is 3.99. The molecule has 18 heavy (non-hydrogen) atoms. The van der Waals surface area contributed by atoms with Gasteiger partial charge in [0, 0.05) is 26.0 Å². The lowest BCUT2D eigenvalue weighted by Gasteiger charge is -2.24. The number of likely N-dealkylation sites (N-methyl/N-ethyl adjacent to an activating group) is 1. The van der Waals surface area contributed by atoms with Crippen molar-refractivity contribution in [3.05, 3.63) is 0 Å². The molecular weight excluding hydrogens is 230 g/mol. The third kappa shape index (κ3) is 3.92. The number of ether oxygens (including phenoxy) is 2. The molecular formula is C14H27NO3. The van der Waals surface area contributed by atoms with E-state index in [4.69, 9.17) is 14.6 Å². The highest BCUT2D eigenvalue weighted by Gasteiger charge is 2.43. The van der Waals surface area contributed by atoms with E-state index in [0.29, 0.717) is 6.61 Å². The smallest absolute Gasteiger partial charge is 0.168 e. The van der Waals surface area contributed by atoms with E-state index < -0.39 is 0 Å². The Balaban J connectivity index is 1.61. The molecule has 106 valence electrons. The van der Waals surface area contributed by atoms with Gasteiger partial charge in [-0.05, 0) is 45.7 Å². The predicted molar refractivity (Wildman–Crippen MR) is 70.5 cm³/mol. The zero-order chi connectivity index (χ0) is 12.8. The first-order valence-electron chi connectivity index (χ1n) is 7.35. The van der Waals surface area contributed by atoms with Crippen LogP contribution >= 0.6 is 0 Å². The second kappa shape index (κ2) is 6.85. The zero-order valence-corrected chi connectivity index (χ0v) is 11.6. The van der Waals surface area contributed by atoms with Crippen molar-refractivity contribution >= 4 is 0 Å². The van der Waals surface area contributed by atoms with Crippen molar-refractivity contribution < 1.29 is 14.6 Å². The van der Waals surface area contributed by atoms with Crippen molar-refractivity contribution in [3.63, 3.8) is 0 Å². The maximum absolute atomic E-state index is 8.73. The molecule has 1 unspecified atom stereocenters. The van der Waals surface area contributed by atoms with Crippen LogP contribution in [0.15, 0.2) is 0 Å². The van der Waals surface area contributed by atoms with E-state index in [-0.39, 0.29) is 11.9 Å². The number of hydrogen-bond acceptors (Lipinski definition) is 4. The van der Waals surface area contributed by atoms with Gasteiger partial charge in [-0.3, -0.25) is 0 Å². The summed E-state index contributed by atoms with van der Waals surface area (Å²) in [6, 6.07) is 0. The number of unbranched alkanes of at least 4 members (excludes halogenated alkanes) is 2. The van der Waals surface area contributed by atoms with Gasteiger partial charge in [0.15, 0.2) is 5.79 Å². The van der Waals surface area contributed by atoms with Crippen molar-refractivity contribution in [1.29, 1.82) is 0 Å². The van der Waals surface area contributed by atoms with Gasteiger partial charge in [-0.2, -0.15) is 0 Å². The summed E-state index contributed by atoms with van der Waals surface area (Å²) < 4.78 is 12.0. The molecule has 1 saturated carbocycles. The van der Waals surface area contributed by atoms with E-state index in [1.54, 1.807) is 0 Å². The minimum Gasteiger partial charge on any atom is -0.396 e. The fourth-order valence-corrected chi connectivity index (χ4v) is 2.99. The average molecular weight is 257 g/mol. The van der Waals surface area contributed by atoms with Gasteiger partial charge < -0.3 is 19.5 Å². The average Bonchev–Trinajstić information content (AvgIpc) is 2.96. The van der Waals surface area contributed by atoms with Crippen LogP contribution in [0.4, 0.5) is 0 Å². The fourth-order valence-electron chi connectivity index (χ4n) is 2.99. The Labute approximate surface area is 110 Å². The Morgan fingerprint density at radius 1 is 1.22 bits per heavy atom. The van der Waals surface area contributed by atoms with Crippen molar-refractivity contribution in [1.82, 2.24) is 4.90 Å². The van der Waals surface area contributed by atoms with Crippen LogP contribution in [-0.4, -0.2) is 55.2 Å². The highest BCUT2D eigenvalue weighted by Crippen LogP contribution is 2.39. The molecule has 2 fully saturated rings. The monoisotopic (exact) mass is 257 g/mol. The highest BCUT2D eigenvalue weighted by atomic mass is 16.7. The molecule has 0 aromatic rings. The molecule has 0 amide bonds. The van der Waals surface area contributed by atoms with Gasteiger partial charge in [0.1, 0.15) is 0 Å². The number of aliphatic hydroxyl groups is 1. The van der Waals surface area contributed by atoms with Crippen LogP contribution in [0.5, 0.6) is 0 Å². The number of aliphatic hydroxyl groups excluding tert-OH is 1. The van der Waals surface area contributed by atoms with E-state index in [2.05, 4.69) is 11.9 Å². The predicted octanol–water partition coefficient (Wildman–Crippen LogP) is 1.77. The molecule has 2 rings (SSSR count). The van der Waals surface area contributed by atoms with Crippen LogP contribution in [-0.2, 0) is 9.47 Å². The van der Waals surface area contributed by atoms with Gasteiger partial charge in [0.05, 0.1) is 12.7 Å². The molecule has 1 heterocycles. The standard InChI is InChI=1S/C14H27NO3/c1-15(9-5-2-6-10-16)11-13-12-17-14(18-13)7-3-4-8-14/h13,16H,2-12H2,1H3. The maximum Gasteiger partial charge on any atom is 0.168 e. The summed E-state index contributed by atoms with van der Waals surface area (Å²) in [6.45, 7) is 3.10. The minimum absolute atomic E-state index is 0.220. The Morgan fingerprint density at radius 2 is 2.00 bits per heavy atom. The molecule has 2 aliphatic rings. The molecule has 1 aliphatic carbocycles. The third-order valence-corrected chi connectivity index (χ3v) is 3.99. The first-order valence-corrected chi connectivity index (χ1v) is 7.35. The van der Waals surface area contributed by atoms with Crippen LogP contribution in [0, 0.1) is 0 Å². The summed E-state index contributed by atoms with van der Waals surface area (Å²) in [4.78, 5) is 2.32. The van der Waals surface area contributed by atoms with E-state index in [1.165, 1.54) is 12.8 Å². The summed E-state index contributed by atoms with van der Waals surface area (Å²) in [5, 5.41) is 8.73. The molecule has 1 atom stereocenters. The molecule has 0 aromatic carbocycles. The van der Waals surface area contributed by atoms with Crippen LogP contribution in [0.1, 0.15) is 44.9 Å². The van der Waals surface area contributed by atoms with Gasteiger partial charge in [-0.25, -0.2) is 0 Å². The normalized spacial score (nSPS) is 26.5. The Kier molecular flexibility index (Phi) is 5.42. The second-order valence-corrected chi connectivity index (χ2v) is 5.72. The zero-order valence-electron chi connectivity index (χ0n) is 11.6. The van der Waals surface area contributed by atoms with Gasteiger partial charge >= 0.3 is 0 Å². The van der Waals surface area contributed by atoms with Crippen LogP contribution < -0.4 is 0 Å². The fraction of sp³-hybridized carbons (Fsp3) is 1.00. The molecule has 1 aliphatic heterocycles. The molecule has 1 saturated heterocycles. The lowest BCUT2D eigenvalue weighted by Crippen LogP contribution is -2.33. The first kappa shape index (κ1) is 14.3. The second-order valence-electron chi connectivity index (χ2n) is 5.72. The van der Waals surface area contributed by atoms with Crippen LogP contribution in [0.2, 0.25) is 0 Å². The summed E-state index contributed by atoms with van der Waals surface area (Å²) >= 11 is 0. The largest absolute Gasteiger partial charge is 0.396 e. The van der Waals surface area contributed by atoms with Crippen molar-refractivity contribution in [2.75, 3.05) is 33.4 Å². The molecule has 0 aromatic heterocycles. The molecule has 1 N–H and O–H groups in total. The number of nitrogens with zero attached hydrogens (tertiary/aromatic N) is 1. The van der Waals surface area contributed by atoms with E-state index in [9.17, 15) is 0 Å². The number of hydrogen-bond donors (Lipinski definition) is 1. The van der Waals surface area contributed by atoms with E-state index in [1.807, 2.05) is 0 Å². The Morgan fingerprint density at radius 3 is 2.72 bits per heavy atom. The summed E-state index contributed by atoms with van der Waals surface area (Å²) in [7, 11) is 2.14.